The Morgan fingerprint density at radius 3 is 2.57 bits per heavy atom. The molecular weight excluding hydrogens is 270 g/mol. The first-order chi connectivity index (χ1) is 9.97. The maximum atomic E-state index is 12.6. The molecule has 2 atom stereocenters. The lowest BCUT2D eigenvalue weighted by atomic mass is 9.95. The van der Waals surface area contributed by atoms with Crippen LogP contribution in [0.3, 0.4) is 0 Å². The van der Waals surface area contributed by atoms with Crippen molar-refractivity contribution in [2.24, 2.45) is 5.92 Å². The second-order valence-electron chi connectivity index (χ2n) is 6.50. The predicted octanol–water partition coefficient (Wildman–Crippen LogP) is 1.32. The molecule has 2 rings (SSSR count). The number of amides is 2. The lowest BCUT2D eigenvalue weighted by Gasteiger charge is -2.40. The SMILES string of the molecule is CN1CCCC(N(C)C(=O)N2CCCC(CC(=O)O)C2)C1. The quantitative estimate of drug-likeness (QED) is 0.853. The second-order valence-corrected chi connectivity index (χ2v) is 6.50. The van der Waals surface area contributed by atoms with Gasteiger partial charge in [-0.05, 0) is 45.2 Å². The molecule has 2 amide bonds. The van der Waals surface area contributed by atoms with E-state index >= 15 is 0 Å². The highest BCUT2D eigenvalue weighted by molar-refractivity contribution is 5.75. The van der Waals surface area contributed by atoms with Crippen molar-refractivity contribution < 1.29 is 14.7 Å². The normalized spacial score (nSPS) is 27.4. The average Bonchev–Trinajstić information content (AvgIpc) is 2.45. The van der Waals surface area contributed by atoms with E-state index in [0.29, 0.717) is 6.54 Å². The van der Waals surface area contributed by atoms with Crippen LogP contribution in [0.25, 0.3) is 0 Å². The van der Waals surface area contributed by atoms with Crippen molar-refractivity contribution in [2.45, 2.75) is 38.1 Å². The van der Waals surface area contributed by atoms with Crippen LogP contribution in [0.15, 0.2) is 0 Å². The zero-order valence-corrected chi connectivity index (χ0v) is 13.1. The number of nitrogens with zero attached hydrogens (tertiary/aromatic N) is 3. The Balaban J connectivity index is 1.90. The fourth-order valence-electron chi connectivity index (χ4n) is 3.49. The van der Waals surface area contributed by atoms with Gasteiger partial charge < -0.3 is 19.8 Å². The van der Waals surface area contributed by atoms with E-state index in [0.717, 1.165) is 45.3 Å². The van der Waals surface area contributed by atoms with Crippen molar-refractivity contribution in [3.05, 3.63) is 0 Å². The number of aliphatic carboxylic acids is 1. The highest BCUT2D eigenvalue weighted by Crippen LogP contribution is 2.22. The second kappa shape index (κ2) is 7.11. The summed E-state index contributed by atoms with van der Waals surface area (Å²) in [6.45, 7) is 3.36. The van der Waals surface area contributed by atoms with Gasteiger partial charge in [0.25, 0.3) is 0 Å². The van der Waals surface area contributed by atoms with Gasteiger partial charge in [0, 0.05) is 39.1 Å². The number of rotatable bonds is 3. The third-order valence-corrected chi connectivity index (χ3v) is 4.70. The highest BCUT2D eigenvalue weighted by Gasteiger charge is 2.31. The number of hydrogen-bond acceptors (Lipinski definition) is 3. The van der Waals surface area contributed by atoms with Crippen LogP contribution in [0.1, 0.15) is 32.1 Å². The molecule has 2 aliphatic heterocycles. The number of piperidine rings is 2. The molecule has 2 saturated heterocycles. The zero-order chi connectivity index (χ0) is 15.4. The number of urea groups is 1. The van der Waals surface area contributed by atoms with Crippen LogP contribution in [-0.4, -0.2) is 78.1 Å². The van der Waals surface area contributed by atoms with Gasteiger partial charge in [0.2, 0.25) is 0 Å². The Bertz CT molecular complexity index is 388. The van der Waals surface area contributed by atoms with Gasteiger partial charge in [0.15, 0.2) is 0 Å². The number of carboxylic acid groups (broad SMARTS) is 1. The van der Waals surface area contributed by atoms with Gasteiger partial charge in [-0.15, -0.1) is 0 Å². The molecular formula is C15H27N3O3. The summed E-state index contributed by atoms with van der Waals surface area (Å²) >= 11 is 0. The monoisotopic (exact) mass is 297 g/mol. The van der Waals surface area contributed by atoms with Crippen LogP contribution in [-0.2, 0) is 4.79 Å². The molecule has 0 aromatic heterocycles. The van der Waals surface area contributed by atoms with E-state index < -0.39 is 5.97 Å². The van der Waals surface area contributed by atoms with Crippen molar-refractivity contribution in [3.63, 3.8) is 0 Å². The van der Waals surface area contributed by atoms with E-state index in [1.807, 2.05) is 16.8 Å². The Morgan fingerprint density at radius 1 is 1.19 bits per heavy atom. The molecule has 2 unspecified atom stereocenters. The van der Waals surface area contributed by atoms with Gasteiger partial charge in [-0.3, -0.25) is 4.79 Å². The highest BCUT2D eigenvalue weighted by atomic mass is 16.4. The first kappa shape index (κ1) is 16.1. The summed E-state index contributed by atoms with van der Waals surface area (Å²) in [5, 5.41) is 8.91. The Morgan fingerprint density at radius 2 is 1.90 bits per heavy atom. The third kappa shape index (κ3) is 4.33. The molecule has 21 heavy (non-hydrogen) atoms. The summed E-state index contributed by atoms with van der Waals surface area (Å²) in [6.07, 6.45) is 4.16. The van der Waals surface area contributed by atoms with Crippen LogP contribution in [0.5, 0.6) is 0 Å². The average molecular weight is 297 g/mol. The molecule has 2 aliphatic rings. The predicted molar refractivity (Wildman–Crippen MR) is 80.2 cm³/mol. The minimum absolute atomic E-state index is 0.0605. The number of hydrogen-bond donors (Lipinski definition) is 1. The van der Waals surface area contributed by atoms with Crippen molar-refractivity contribution >= 4 is 12.0 Å². The molecule has 2 heterocycles. The fourth-order valence-corrected chi connectivity index (χ4v) is 3.49. The Kier molecular flexibility index (Phi) is 5.45. The minimum atomic E-state index is -0.767. The number of carbonyl (C=O) groups is 2. The smallest absolute Gasteiger partial charge is 0.320 e. The topological polar surface area (TPSA) is 64.1 Å². The summed E-state index contributed by atoms with van der Waals surface area (Å²) in [4.78, 5) is 29.4. The van der Waals surface area contributed by atoms with E-state index in [2.05, 4.69) is 11.9 Å². The van der Waals surface area contributed by atoms with Gasteiger partial charge in [-0.1, -0.05) is 0 Å². The molecule has 2 fully saturated rings. The molecule has 0 aromatic carbocycles. The summed E-state index contributed by atoms with van der Waals surface area (Å²) in [7, 11) is 3.97. The van der Waals surface area contributed by atoms with Crippen molar-refractivity contribution in [2.75, 3.05) is 40.3 Å². The van der Waals surface area contributed by atoms with Crippen LogP contribution >= 0.6 is 0 Å². The van der Waals surface area contributed by atoms with Crippen LogP contribution in [0.4, 0.5) is 4.79 Å². The summed E-state index contributed by atoms with van der Waals surface area (Å²) in [6, 6.07) is 0.335. The van der Waals surface area contributed by atoms with Gasteiger partial charge in [-0.25, -0.2) is 4.79 Å². The molecule has 1 N–H and O–H groups in total. The maximum Gasteiger partial charge on any atom is 0.320 e. The largest absolute Gasteiger partial charge is 0.481 e. The van der Waals surface area contributed by atoms with Gasteiger partial charge in [-0.2, -0.15) is 0 Å². The molecule has 120 valence electrons. The van der Waals surface area contributed by atoms with Crippen molar-refractivity contribution in [1.82, 2.24) is 14.7 Å². The number of likely N-dealkylation sites (N-methyl/N-ethyl adjacent to an activating group) is 2. The minimum Gasteiger partial charge on any atom is -0.481 e. The van der Waals surface area contributed by atoms with E-state index in [1.54, 1.807) is 0 Å². The van der Waals surface area contributed by atoms with Crippen LogP contribution < -0.4 is 0 Å². The summed E-state index contributed by atoms with van der Waals surface area (Å²) in [5.74, 6) is -0.667. The third-order valence-electron chi connectivity index (χ3n) is 4.70. The lowest BCUT2D eigenvalue weighted by molar-refractivity contribution is -0.138. The standard InChI is InChI=1S/C15H27N3O3/c1-16-7-4-6-13(11-16)17(2)15(21)18-8-3-5-12(10-18)9-14(19)20/h12-13H,3-11H2,1-2H3,(H,19,20). The molecule has 0 bridgehead atoms. The fraction of sp³-hybridized carbons (Fsp3) is 0.867. The van der Waals surface area contributed by atoms with Crippen LogP contribution in [0.2, 0.25) is 0 Å². The molecule has 0 spiro atoms. The molecule has 0 saturated carbocycles. The number of likely N-dealkylation sites (tertiary alicyclic amines) is 2. The van der Waals surface area contributed by atoms with E-state index in [-0.39, 0.29) is 24.4 Å². The lowest BCUT2D eigenvalue weighted by Crippen LogP contribution is -2.53. The molecule has 0 aromatic rings. The number of carbonyl (C=O) groups excluding carboxylic acids is 1. The van der Waals surface area contributed by atoms with E-state index in [9.17, 15) is 9.59 Å². The van der Waals surface area contributed by atoms with Crippen LogP contribution in [0, 0.1) is 5.92 Å². The Hall–Kier alpha value is -1.30. The van der Waals surface area contributed by atoms with Gasteiger partial charge in [0.1, 0.15) is 0 Å². The van der Waals surface area contributed by atoms with E-state index in [4.69, 9.17) is 5.11 Å². The maximum absolute atomic E-state index is 12.6. The molecule has 0 radical (unpaired) electrons. The zero-order valence-electron chi connectivity index (χ0n) is 13.1. The van der Waals surface area contributed by atoms with Crippen molar-refractivity contribution in [3.8, 4) is 0 Å². The molecule has 6 heteroatoms. The Labute approximate surface area is 126 Å². The summed E-state index contributed by atoms with van der Waals surface area (Å²) in [5.41, 5.74) is 0. The van der Waals surface area contributed by atoms with Gasteiger partial charge >= 0.3 is 12.0 Å². The first-order valence-corrected chi connectivity index (χ1v) is 7.89. The molecule has 6 nitrogen and oxygen atoms in total. The summed E-state index contributed by atoms with van der Waals surface area (Å²) < 4.78 is 0. The molecule has 0 aliphatic carbocycles. The number of carboxylic acids is 1. The van der Waals surface area contributed by atoms with Crippen molar-refractivity contribution in [1.29, 1.82) is 0 Å². The first-order valence-electron chi connectivity index (χ1n) is 7.89. The van der Waals surface area contributed by atoms with Gasteiger partial charge in [0.05, 0.1) is 0 Å². The van der Waals surface area contributed by atoms with E-state index in [1.165, 1.54) is 0 Å².